The van der Waals surface area contributed by atoms with Gasteiger partial charge in [0.25, 0.3) is 0 Å². The van der Waals surface area contributed by atoms with Gasteiger partial charge in [0.2, 0.25) is 0 Å². The number of rotatable bonds is 23. The van der Waals surface area contributed by atoms with E-state index in [1.54, 1.807) is 0 Å². The number of nitrogens with zero attached hydrogens (tertiary/aromatic N) is 1. The van der Waals surface area contributed by atoms with Gasteiger partial charge in [0.05, 0.1) is 5.69 Å². The van der Waals surface area contributed by atoms with E-state index in [2.05, 4.69) is 51.2 Å². The van der Waals surface area contributed by atoms with Gasteiger partial charge in [-0.05, 0) is 33.1 Å². The fraction of sp³-hybridized carbons (Fsp3) is 0. The van der Waals surface area contributed by atoms with Gasteiger partial charge in [0, 0.05) is 335 Å². The molecule has 3 rings (SSSR count). The van der Waals surface area contributed by atoms with Crippen LogP contribution in [-0.4, -0.2) is 324 Å². The summed E-state index contributed by atoms with van der Waals surface area (Å²) < 4.78 is 1.01. The number of hydrogen-bond donors (Lipinski definition) is 0. The van der Waals surface area contributed by atoms with Crippen LogP contribution in [0, 0.1) is 0 Å². The molecule has 47 heteroatoms. The van der Waals surface area contributed by atoms with E-state index in [1.807, 2.05) is 42.6 Å². The fourth-order valence-electron chi connectivity index (χ4n) is 9.49. The predicted octanol–water partition coefficient (Wildman–Crippen LogP) is -12.0. The first-order valence-electron chi connectivity index (χ1n) is 20.8. The highest BCUT2D eigenvalue weighted by Crippen LogP contribution is 2.31. The molecule has 0 atom stereocenters. The van der Waals surface area contributed by atoms with Gasteiger partial charge in [-0.15, -0.1) is 0 Å². The Balaban J connectivity index is 0.000000603. The molecule has 0 aliphatic carbocycles. The van der Waals surface area contributed by atoms with Gasteiger partial charge in [0.15, 0.2) is 0 Å². The predicted molar refractivity (Wildman–Crippen MR) is 342 cm³/mol. The topological polar surface area (TPSA) is 12.9 Å². The molecular formula is C17H12B45BrN. The van der Waals surface area contributed by atoms with E-state index in [9.17, 15) is 0 Å². The zero-order valence-corrected chi connectivity index (χ0v) is 37.8. The van der Waals surface area contributed by atoms with Crippen molar-refractivity contribution in [2.24, 2.45) is 0 Å². The van der Waals surface area contributed by atoms with Crippen molar-refractivity contribution in [3.8, 4) is 22.4 Å². The van der Waals surface area contributed by atoms with E-state index < -0.39 is 134 Å². The number of aromatic nitrogens is 1. The monoisotopic (exact) mass is 804 g/mol. The molecule has 0 N–H and O–H groups in total. The average molecular weight is 797 g/mol. The highest BCUT2D eigenvalue weighted by molar-refractivity contribution is 9.10. The maximum atomic E-state index is 6.35. The molecule has 1 nitrogen and oxygen atoms in total. The molecule has 0 fully saturated rings. The first-order valence-corrected chi connectivity index (χ1v) is 21.6. The summed E-state index contributed by atoms with van der Waals surface area (Å²) in [5, 5.41) is 0. The van der Waals surface area contributed by atoms with Crippen LogP contribution in [0.2, 0.25) is 0 Å². The standard InChI is InChI=1S/C17H12BrN.B45/c18-16-12-19-17(14-9-5-2-6-10-14)11-15(16)13-7-3-1-4-8-13;1-24-36(25(2)3)42(37(26(4)5)27(6)7)45(43(38(28(8)9)29(10)11)39(30(12)13)31(14)15)44(40(32(16)17)33(18)19)41(34(20)21)35(22)23/h1-12H;. The maximum absolute atomic E-state index is 6.35. The Labute approximate surface area is 436 Å². The van der Waals surface area contributed by atoms with Crippen molar-refractivity contribution in [1.82, 2.24) is 4.98 Å². The Bertz CT molecular complexity index is 1610. The second kappa shape index (κ2) is 29.4. The first kappa shape index (κ1) is 61.1. The Hall–Kier alpha value is 0.992. The number of benzene rings is 2. The van der Waals surface area contributed by atoms with Crippen molar-refractivity contribution in [2.75, 3.05) is 0 Å². The lowest BCUT2D eigenvalue weighted by atomic mass is 8.26. The van der Waals surface area contributed by atoms with Crippen molar-refractivity contribution in [3.63, 3.8) is 0 Å². The SMILES string of the molecule is Brc1cnc(-c2ccccc2)cc1-c1ccccc1.[B][B]B(B([B])[B])B(B(B([B])[B])B([B])[B])B(B(B(B([B])[B])B([B])[B])B(B([B])[B])B([B])[B])B(B(B([B])[B])B([B])[B])B(B([B])[B])B([B])[B]. The molecule has 1 aromatic heterocycles. The number of halogens is 1. The molecule has 0 bridgehead atoms. The lowest BCUT2D eigenvalue weighted by Gasteiger charge is -2.56. The minimum atomic E-state index is -1.27. The Morgan fingerprint density at radius 3 is 0.922 bits per heavy atom. The van der Waals surface area contributed by atoms with Crippen LogP contribution >= 0.6 is 15.9 Å². The van der Waals surface area contributed by atoms with Crippen LogP contribution in [0.15, 0.2) is 77.4 Å². The summed E-state index contributed by atoms with van der Waals surface area (Å²) in [4.78, 5) is 4.49. The third kappa shape index (κ3) is 16.8. The third-order valence-electron chi connectivity index (χ3n) is 12.1. The normalized spacial score (nSPS) is 9.83. The van der Waals surface area contributed by atoms with Gasteiger partial charge < -0.3 is 0 Å². The first-order chi connectivity index (χ1) is 29.8. The van der Waals surface area contributed by atoms with E-state index >= 15 is 0 Å². The van der Waals surface area contributed by atoms with Crippen molar-refractivity contribution >= 4 is 335 Å². The lowest BCUT2D eigenvalue weighted by Crippen LogP contribution is -2.94. The molecule has 0 aliphatic rings. The molecule has 227 valence electrons. The average Bonchev–Trinajstić information content (AvgIpc) is 3.17. The molecule has 0 amide bonds. The van der Waals surface area contributed by atoms with E-state index in [0.717, 1.165) is 21.3 Å². The van der Waals surface area contributed by atoms with Crippen LogP contribution < -0.4 is 0 Å². The zero-order chi connectivity index (χ0) is 48.9. The fourth-order valence-corrected chi connectivity index (χ4v) is 9.93. The van der Waals surface area contributed by atoms with Crippen molar-refractivity contribution < 1.29 is 0 Å². The van der Waals surface area contributed by atoms with Gasteiger partial charge >= 0.3 is 0 Å². The molecule has 0 spiro atoms. The molecular weight excluding hydrogens is 785 g/mol. The van der Waals surface area contributed by atoms with Crippen LogP contribution in [0.5, 0.6) is 0 Å². The molecule has 0 saturated carbocycles. The molecule has 64 heavy (non-hydrogen) atoms. The van der Waals surface area contributed by atoms with Crippen LogP contribution in [0.4, 0.5) is 0 Å². The molecule has 2 aromatic carbocycles. The highest BCUT2D eigenvalue weighted by Gasteiger charge is 2.58. The summed E-state index contributed by atoms with van der Waals surface area (Å²) in [5.41, 5.74) is 4.47. The summed E-state index contributed by atoms with van der Waals surface area (Å²) in [6, 6.07) is 22.7. The molecule has 1 heterocycles. The highest BCUT2D eigenvalue weighted by atomic mass is 79.9. The molecule has 3 aromatic rings. The molecule has 47 radical (unpaired) electrons. The van der Waals surface area contributed by atoms with Gasteiger partial charge in [-0.25, -0.2) is 0 Å². The summed E-state index contributed by atoms with van der Waals surface area (Å²) in [7, 11) is 147. The minimum absolute atomic E-state index is 0.989. The summed E-state index contributed by atoms with van der Waals surface area (Å²) in [5.74, 6) is 0. The van der Waals surface area contributed by atoms with Gasteiger partial charge in [-0.3, -0.25) is 4.98 Å². The number of hydrogen-bond acceptors (Lipinski definition) is 1. The van der Waals surface area contributed by atoms with E-state index in [4.69, 9.17) is 178 Å². The van der Waals surface area contributed by atoms with Crippen LogP contribution in [-0.2, 0) is 0 Å². The van der Waals surface area contributed by atoms with Gasteiger partial charge in [-0.1, -0.05) is 60.7 Å². The van der Waals surface area contributed by atoms with Crippen molar-refractivity contribution in [2.45, 2.75) is 0 Å². The van der Waals surface area contributed by atoms with Crippen LogP contribution in [0.3, 0.4) is 0 Å². The minimum Gasteiger partial charge on any atom is -0.255 e. The summed E-state index contributed by atoms with van der Waals surface area (Å²) in [6.45, 7) is 0. The second-order valence-corrected chi connectivity index (χ2v) is 17.5. The lowest BCUT2D eigenvalue weighted by molar-refractivity contribution is 1.31. The summed E-state index contributed by atoms with van der Waals surface area (Å²) in [6.07, 6.45) is -23.1. The number of pyridine rings is 1. The van der Waals surface area contributed by atoms with Gasteiger partial charge in [-0.2, -0.15) is 0 Å². The Morgan fingerprint density at radius 1 is 0.359 bits per heavy atom. The Morgan fingerprint density at radius 2 is 0.641 bits per heavy atom. The maximum Gasteiger partial charge on any atom is 0.0709 e. The molecule has 0 aliphatic heterocycles. The zero-order valence-electron chi connectivity index (χ0n) is 36.2. The Kier molecular flexibility index (Phi) is 28.0. The van der Waals surface area contributed by atoms with Crippen molar-refractivity contribution in [3.05, 3.63) is 77.4 Å². The van der Waals surface area contributed by atoms with E-state index in [1.165, 1.54) is 12.6 Å². The smallest absolute Gasteiger partial charge is 0.0709 e. The van der Waals surface area contributed by atoms with Crippen LogP contribution in [0.25, 0.3) is 22.4 Å². The summed E-state index contributed by atoms with van der Waals surface area (Å²) >= 11 is 3.58. The van der Waals surface area contributed by atoms with E-state index in [0.29, 0.717) is 0 Å². The third-order valence-corrected chi connectivity index (χ3v) is 12.8. The molecule has 0 saturated heterocycles. The van der Waals surface area contributed by atoms with Crippen LogP contribution in [0.1, 0.15) is 0 Å². The molecule has 0 unspecified atom stereocenters. The van der Waals surface area contributed by atoms with Crippen molar-refractivity contribution in [1.29, 1.82) is 0 Å². The largest absolute Gasteiger partial charge is 0.255 e. The quantitative estimate of drug-likeness (QED) is 0.0871. The van der Waals surface area contributed by atoms with Gasteiger partial charge in [0.1, 0.15) is 0 Å². The second-order valence-electron chi connectivity index (χ2n) is 16.6. The van der Waals surface area contributed by atoms with E-state index in [-0.39, 0.29) is 0 Å².